The Morgan fingerprint density at radius 3 is 2.37 bits per heavy atom. The van der Waals surface area contributed by atoms with Gasteiger partial charge in [0.1, 0.15) is 36.0 Å². The van der Waals surface area contributed by atoms with Crippen molar-refractivity contribution < 1.29 is 54.4 Å². The van der Waals surface area contributed by atoms with Crippen molar-refractivity contribution in [3.63, 3.8) is 0 Å². The highest BCUT2D eigenvalue weighted by Crippen LogP contribution is 2.52. The molecule has 5 rings (SSSR count). The fraction of sp³-hybridized carbons (Fsp3) is 0.909. The number of carbonyl (C=O) groups is 2. The summed E-state index contributed by atoms with van der Waals surface area (Å²) >= 11 is 0. The maximum absolute atomic E-state index is 14.7. The molecule has 16 heteroatoms. The van der Waals surface area contributed by atoms with Crippen molar-refractivity contribution in [2.45, 2.75) is 113 Å². The van der Waals surface area contributed by atoms with Crippen LogP contribution < -0.4 is 22.1 Å². The number of hydrogen-bond acceptors (Lipinski definition) is 14. The summed E-state index contributed by atoms with van der Waals surface area (Å²) in [6.07, 6.45) is -6.03. The number of ketones is 2. The number of guanidine groups is 1. The standard InChI is InChI=1S/C33H57N5O11/c1-36-33(35)38-19(7-8-39)23-15(5-3-14-4-6-22(34)37-12-14)9-17-25(28(23)43)29(44)24-18(26(17)41)10-16(47-2)11-20(24)48-32-31(46)30(45)27(42)21(13-40)49-32/h14-25,27-28,30-32,37,39-40,42-43,45-46H,3-13,34H2,1-2H3,(H3,35,36,38). The Labute approximate surface area is 286 Å². The molecule has 3 aliphatic carbocycles. The number of aliphatic hydroxyl groups is 6. The van der Waals surface area contributed by atoms with Gasteiger partial charge in [-0.15, -0.1) is 0 Å². The summed E-state index contributed by atoms with van der Waals surface area (Å²) < 4.78 is 17.4. The molecule has 2 heterocycles. The molecule has 0 radical (unpaired) electrons. The minimum Gasteiger partial charge on any atom is -0.396 e. The SMILES string of the molecule is CN=C(N)NC(CCO)C1C(CCC2CCC(N)NC2)CC2C(=O)C3CC(OC)CC(OC4OC(CO)C(O)C(O)C4O)C3C(=O)C2C1O. The van der Waals surface area contributed by atoms with Gasteiger partial charge in [-0.05, 0) is 63.3 Å². The minimum absolute atomic E-state index is 0.0329. The molecule has 280 valence electrons. The second-order valence-electron chi connectivity index (χ2n) is 14.7. The number of fused-ring (bicyclic) bond motifs is 2. The maximum atomic E-state index is 14.7. The second kappa shape index (κ2) is 16.7. The molecule has 0 amide bonds. The summed E-state index contributed by atoms with van der Waals surface area (Å²) in [5.74, 6) is -4.24. The number of nitrogens with one attached hydrogen (secondary N) is 2. The van der Waals surface area contributed by atoms with E-state index in [1.54, 1.807) is 0 Å². The summed E-state index contributed by atoms with van der Waals surface area (Å²) in [5.41, 5.74) is 12.1. The molecule has 5 fully saturated rings. The number of methoxy groups -OCH3 is 1. The lowest BCUT2D eigenvalue weighted by molar-refractivity contribution is -0.319. The smallest absolute Gasteiger partial charge is 0.188 e. The van der Waals surface area contributed by atoms with E-state index < -0.39 is 91.3 Å². The lowest BCUT2D eigenvalue weighted by Gasteiger charge is -2.54. The van der Waals surface area contributed by atoms with Crippen molar-refractivity contribution in [2.24, 2.45) is 57.9 Å². The molecule has 17 atom stereocenters. The van der Waals surface area contributed by atoms with Gasteiger partial charge in [0, 0.05) is 51.0 Å². The van der Waals surface area contributed by atoms with Gasteiger partial charge in [0.2, 0.25) is 0 Å². The molecule has 3 saturated carbocycles. The number of ether oxygens (including phenoxy) is 3. The molecule has 0 bridgehead atoms. The van der Waals surface area contributed by atoms with Crippen molar-refractivity contribution in [1.29, 1.82) is 0 Å². The molecule has 0 aromatic carbocycles. The minimum atomic E-state index is -1.70. The highest BCUT2D eigenvalue weighted by molar-refractivity contribution is 6.00. The van der Waals surface area contributed by atoms with Crippen LogP contribution in [0.1, 0.15) is 51.4 Å². The number of nitrogens with zero attached hydrogens (tertiary/aromatic N) is 1. The van der Waals surface area contributed by atoms with Crippen LogP contribution in [0.5, 0.6) is 0 Å². The van der Waals surface area contributed by atoms with Crippen LogP contribution in [-0.4, -0.2) is 143 Å². The fourth-order valence-corrected chi connectivity index (χ4v) is 9.36. The number of rotatable bonds is 11. The summed E-state index contributed by atoms with van der Waals surface area (Å²) in [7, 11) is 3.03. The third kappa shape index (κ3) is 7.99. The average molecular weight is 700 g/mol. The van der Waals surface area contributed by atoms with Crippen LogP contribution >= 0.6 is 0 Å². The zero-order chi connectivity index (χ0) is 35.6. The number of aliphatic hydroxyl groups excluding tert-OH is 6. The van der Waals surface area contributed by atoms with Crippen molar-refractivity contribution >= 4 is 17.5 Å². The van der Waals surface area contributed by atoms with Gasteiger partial charge in [-0.1, -0.05) is 0 Å². The number of nitrogens with two attached hydrogens (primary N) is 2. The lowest BCUT2D eigenvalue weighted by atomic mass is 9.52. The number of Topliss-reactive ketones (excluding diaryl/α,β-unsaturated/α-hetero) is 2. The van der Waals surface area contributed by atoms with Crippen LogP contribution in [0.4, 0.5) is 0 Å². The van der Waals surface area contributed by atoms with Crippen molar-refractivity contribution in [3.05, 3.63) is 0 Å². The highest BCUT2D eigenvalue weighted by atomic mass is 16.7. The fourth-order valence-electron chi connectivity index (χ4n) is 9.36. The third-order valence-electron chi connectivity index (χ3n) is 12.0. The summed E-state index contributed by atoms with van der Waals surface area (Å²) in [6.45, 7) is -0.0797. The number of carbonyl (C=O) groups excluding carboxylic acids is 2. The van der Waals surface area contributed by atoms with Crippen LogP contribution in [-0.2, 0) is 23.8 Å². The van der Waals surface area contributed by atoms with E-state index in [-0.39, 0.29) is 55.5 Å². The van der Waals surface area contributed by atoms with Crippen molar-refractivity contribution in [2.75, 3.05) is 33.9 Å². The van der Waals surface area contributed by atoms with Crippen LogP contribution in [0.15, 0.2) is 4.99 Å². The normalized spacial score (nSPS) is 45.4. The van der Waals surface area contributed by atoms with E-state index in [4.69, 9.17) is 25.7 Å². The molecule has 0 spiro atoms. The first-order valence-electron chi connectivity index (χ1n) is 17.8. The Kier molecular flexibility index (Phi) is 13.1. The van der Waals surface area contributed by atoms with Gasteiger partial charge in [0.15, 0.2) is 12.2 Å². The molecule has 17 unspecified atom stereocenters. The Bertz CT molecular complexity index is 1160. The molecule has 12 N–H and O–H groups in total. The first-order chi connectivity index (χ1) is 23.4. The van der Waals surface area contributed by atoms with Gasteiger partial charge < -0.3 is 67.0 Å². The first-order valence-corrected chi connectivity index (χ1v) is 17.8. The van der Waals surface area contributed by atoms with E-state index in [0.717, 1.165) is 25.8 Å². The molecule has 49 heavy (non-hydrogen) atoms. The monoisotopic (exact) mass is 699 g/mol. The quantitative estimate of drug-likeness (QED) is 0.0758. The van der Waals surface area contributed by atoms with E-state index in [2.05, 4.69) is 15.6 Å². The van der Waals surface area contributed by atoms with E-state index in [9.17, 15) is 40.2 Å². The zero-order valence-electron chi connectivity index (χ0n) is 28.4. The Balaban J connectivity index is 1.44. The van der Waals surface area contributed by atoms with Crippen molar-refractivity contribution in [3.8, 4) is 0 Å². The predicted octanol–water partition coefficient (Wildman–Crippen LogP) is -3.06. The molecule has 0 aromatic heterocycles. The van der Waals surface area contributed by atoms with E-state index in [0.29, 0.717) is 18.8 Å². The highest BCUT2D eigenvalue weighted by Gasteiger charge is 2.61. The molecule has 0 aromatic rings. The largest absolute Gasteiger partial charge is 0.396 e. The third-order valence-corrected chi connectivity index (χ3v) is 12.0. The second-order valence-corrected chi connectivity index (χ2v) is 14.7. The van der Waals surface area contributed by atoms with Gasteiger partial charge in [-0.25, -0.2) is 0 Å². The molecule has 5 aliphatic rings. The molecule has 2 saturated heterocycles. The summed E-state index contributed by atoms with van der Waals surface area (Å²) in [4.78, 5) is 33.2. The molecule has 2 aliphatic heterocycles. The van der Waals surface area contributed by atoms with Gasteiger partial charge in [-0.3, -0.25) is 14.6 Å². The Morgan fingerprint density at radius 1 is 1.00 bits per heavy atom. The Hall–Kier alpha value is -1.83. The number of hydrogen-bond donors (Lipinski definition) is 10. The average Bonchev–Trinajstić information content (AvgIpc) is 3.09. The summed E-state index contributed by atoms with van der Waals surface area (Å²) in [6, 6.07) is -0.529. The zero-order valence-corrected chi connectivity index (χ0v) is 28.4. The van der Waals surface area contributed by atoms with Gasteiger partial charge in [0.25, 0.3) is 0 Å². The topological polar surface area (TPSA) is 272 Å². The maximum Gasteiger partial charge on any atom is 0.188 e. The van der Waals surface area contributed by atoms with Gasteiger partial charge in [-0.2, -0.15) is 0 Å². The molecular weight excluding hydrogens is 642 g/mol. The molecular formula is C33H57N5O11. The Morgan fingerprint density at radius 2 is 1.73 bits per heavy atom. The van der Waals surface area contributed by atoms with E-state index in [1.807, 2.05) is 0 Å². The first kappa shape index (κ1) is 38.4. The number of aliphatic imine (C=N–C) groups is 1. The summed E-state index contributed by atoms with van der Waals surface area (Å²) in [5, 5.41) is 69.8. The van der Waals surface area contributed by atoms with Crippen LogP contribution in [0.25, 0.3) is 0 Å². The van der Waals surface area contributed by atoms with E-state index in [1.165, 1.54) is 14.2 Å². The van der Waals surface area contributed by atoms with Crippen LogP contribution in [0, 0.1) is 41.4 Å². The van der Waals surface area contributed by atoms with E-state index >= 15 is 0 Å². The molecule has 16 nitrogen and oxygen atoms in total. The van der Waals surface area contributed by atoms with Crippen LogP contribution in [0.2, 0.25) is 0 Å². The van der Waals surface area contributed by atoms with Crippen LogP contribution in [0.3, 0.4) is 0 Å². The van der Waals surface area contributed by atoms with Gasteiger partial charge in [0.05, 0.1) is 42.9 Å². The predicted molar refractivity (Wildman–Crippen MR) is 174 cm³/mol. The lowest BCUT2D eigenvalue weighted by Crippen LogP contribution is -2.65. The number of piperidine rings is 1. The van der Waals surface area contributed by atoms with Crippen molar-refractivity contribution in [1.82, 2.24) is 10.6 Å². The van der Waals surface area contributed by atoms with Gasteiger partial charge >= 0.3 is 0 Å².